The van der Waals surface area contributed by atoms with E-state index in [0.717, 1.165) is 5.56 Å². The van der Waals surface area contributed by atoms with Gasteiger partial charge in [-0.15, -0.1) is 0 Å². The molecular weight excluding hydrogens is 286 g/mol. The van der Waals surface area contributed by atoms with Gasteiger partial charge in [-0.3, -0.25) is 4.90 Å². The predicted molar refractivity (Wildman–Crippen MR) is 79.9 cm³/mol. The normalized spacial score (nSPS) is 18.9. The van der Waals surface area contributed by atoms with E-state index < -0.39 is 11.6 Å². The van der Waals surface area contributed by atoms with E-state index in [1.807, 2.05) is 20.8 Å². The molecule has 0 bridgehead atoms. The van der Waals surface area contributed by atoms with Crippen molar-refractivity contribution in [2.45, 2.75) is 32.4 Å². The second-order valence-corrected chi connectivity index (χ2v) is 6.19. The monoisotopic (exact) mass is 307 g/mol. The first-order chi connectivity index (χ1) is 10.3. The number of carbonyl (C=O) groups is 2. The van der Waals surface area contributed by atoms with Crippen molar-refractivity contribution in [3.8, 4) is 0 Å². The van der Waals surface area contributed by atoms with Gasteiger partial charge in [-0.1, -0.05) is 12.1 Å². The minimum atomic E-state index is -0.976. The third-order valence-corrected chi connectivity index (χ3v) is 3.30. The quantitative estimate of drug-likeness (QED) is 0.909. The highest BCUT2D eigenvalue weighted by Gasteiger charge is 2.32. The molecule has 1 heterocycles. The van der Waals surface area contributed by atoms with Crippen LogP contribution in [0.4, 0.5) is 4.79 Å². The molecule has 22 heavy (non-hydrogen) atoms. The average Bonchev–Trinajstić information content (AvgIpc) is 2.45. The van der Waals surface area contributed by atoms with Crippen LogP contribution in [0.1, 0.15) is 42.7 Å². The summed E-state index contributed by atoms with van der Waals surface area (Å²) in [6.07, 6.45) is -0.386. The molecule has 0 saturated carbocycles. The van der Waals surface area contributed by atoms with E-state index in [1.54, 1.807) is 17.0 Å². The number of carboxylic acids is 1. The highest BCUT2D eigenvalue weighted by Crippen LogP contribution is 2.26. The van der Waals surface area contributed by atoms with E-state index >= 15 is 0 Å². The molecule has 0 spiro atoms. The fraction of sp³-hybridized carbons (Fsp3) is 0.500. The maximum Gasteiger partial charge on any atom is 0.410 e. The van der Waals surface area contributed by atoms with Crippen molar-refractivity contribution >= 4 is 12.1 Å². The number of rotatable bonds is 2. The Balaban J connectivity index is 2.19. The lowest BCUT2D eigenvalue weighted by atomic mass is 10.0. The summed E-state index contributed by atoms with van der Waals surface area (Å²) in [5.41, 5.74) is 0.479. The van der Waals surface area contributed by atoms with Crippen LogP contribution in [-0.2, 0) is 9.47 Å². The van der Waals surface area contributed by atoms with E-state index in [-0.39, 0.29) is 17.7 Å². The summed E-state index contributed by atoms with van der Waals surface area (Å²) < 4.78 is 10.9. The average molecular weight is 307 g/mol. The Labute approximate surface area is 129 Å². The Kier molecular flexibility index (Phi) is 4.71. The Morgan fingerprint density at radius 1 is 1.27 bits per heavy atom. The lowest BCUT2D eigenvalue weighted by Gasteiger charge is -2.36. The zero-order chi connectivity index (χ0) is 16.3. The van der Waals surface area contributed by atoms with Crippen LogP contribution in [0.3, 0.4) is 0 Å². The molecular formula is C16H21NO5. The number of ether oxygens (including phenoxy) is 2. The summed E-state index contributed by atoms with van der Waals surface area (Å²) in [6, 6.07) is 6.20. The van der Waals surface area contributed by atoms with E-state index in [2.05, 4.69) is 0 Å². The Bertz CT molecular complexity index is 547. The van der Waals surface area contributed by atoms with Crippen LogP contribution >= 0.6 is 0 Å². The molecule has 1 aromatic carbocycles. The molecule has 6 nitrogen and oxygen atoms in total. The number of aromatic carboxylic acids is 1. The van der Waals surface area contributed by atoms with E-state index in [9.17, 15) is 9.59 Å². The van der Waals surface area contributed by atoms with Crippen molar-refractivity contribution in [1.82, 2.24) is 4.90 Å². The number of benzene rings is 1. The number of carbonyl (C=O) groups excluding carboxylic acids is 1. The standard InChI is InChI=1S/C16H21NO5/c1-16(2,3)22-15(20)17-8-9-21-10-13(17)11-4-6-12(7-5-11)14(18)19/h4-7,13H,8-10H2,1-3H3,(H,18,19)/t13-/m1/s1. The highest BCUT2D eigenvalue weighted by molar-refractivity contribution is 5.87. The van der Waals surface area contributed by atoms with Crippen molar-refractivity contribution in [2.75, 3.05) is 19.8 Å². The molecule has 1 aliphatic rings. The van der Waals surface area contributed by atoms with Gasteiger partial charge in [-0.25, -0.2) is 9.59 Å². The summed E-state index contributed by atoms with van der Waals surface area (Å²) in [4.78, 5) is 24.9. The number of amides is 1. The van der Waals surface area contributed by atoms with Gasteiger partial charge in [0.1, 0.15) is 5.60 Å². The van der Waals surface area contributed by atoms with Gasteiger partial charge < -0.3 is 14.6 Å². The molecule has 0 aromatic heterocycles. The van der Waals surface area contributed by atoms with Crippen LogP contribution in [0.15, 0.2) is 24.3 Å². The first-order valence-electron chi connectivity index (χ1n) is 7.18. The van der Waals surface area contributed by atoms with E-state index in [4.69, 9.17) is 14.6 Å². The lowest BCUT2D eigenvalue weighted by molar-refractivity contribution is -0.0331. The zero-order valence-electron chi connectivity index (χ0n) is 13.0. The second kappa shape index (κ2) is 6.36. The molecule has 1 N–H and O–H groups in total. The van der Waals surface area contributed by atoms with Gasteiger partial charge >= 0.3 is 12.1 Å². The van der Waals surface area contributed by atoms with E-state index in [0.29, 0.717) is 19.8 Å². The molecule has 1 aliphatic heterocycles. The molecule has 2 rings (SSSR count). The molecule has 1 amide bonds. The molecule has 0 aliphatic carbocycles. The topological polar surface area (TPSA) is 76.1 Å². The number of hydrogen-bond donors (Lipinski definition) is 1. The molecule has 6 heteroatoms. The van der Waals surface area contributed by atoms with Crippen LogP contribution in [0, 0.1) is 0 Å². The van der Waals surface area contributed by atoms with Gasteiger partial charge in [-0.2, -0.15) is 0 Å². The van der Waals surface area contributed by atoms with Crippen molar-refractivity contribution in [3.63, 3.8) is 0 Å². The smallest absolute Gasteiger partial charge is 0.410 e. The molecule has 120 valence electrons. The summed E-state index contributed by atoms with van der Waals surface area (Å²) >= 11 is 0. The summed E-state index contributed by atoms with van der Waals surface area (Å²) in [6.45, 7) is 6.74. The Morgan fingerprint density at radius 2 is 1.91 bits per heavy atom. The Morgan fingerprint density at radius 3 is 2.45 bits per heavy atom. The van der Waals surface area contributed by atoms with Crippen LogP contribution < -0.4 is 0 Å². The van der Waals surface area contributed by atoms with Gasteiger partial charge in [0.2, 0.25) is 0 Å². The van der Waals surface area contributed by atoms with Gasteiger partial charge in [0.05, 0.1) is 24.8 Å². The maximum atomic E-state index is 12.3. The van der Waals surface area contributed by atoms with Gasteiger partial charge in [0.25, 0.3) is 0 Å². The summed E-state index contributed by atoms with van der Waals surface area (Å²) in [5, 5.41) is 8.94. The largest absolute Gasteiger partial charge is 0.478 e. The minimum absolute atomic E-state index is 0.212. The van der Waals surface area contributed by atoms with Gasteiger partial charge in [0.15, 0.2) is 0 Å². The van der Waals surface area contributed by atoms with Gasteiger partial charge in [-0.05, 0) is 38.5 Å². The first-order valence-corrected chi connectivity index (χ1v) is 7.18. The van der Waals surface area contributed by atoms with Crippen LogP contribution in [0.5, 0.6) is 0 Å². The molecule has 1 fully saturated rings. The fourth-order valence-corrected chi connectivity index (χ4v) is 2.27. The number of carboxylic acid groups (broad SMARTS) is 1. The Hall–Kier alpha value is -2.08. The molecule has 1 saturated heterocycles. The maximum absolute atomic E-state index is 12.3. The SMILES string of the molecule is CC(C)(C)OC(=O)N1CCOC[C@@H]1c1ccc(C(=O)O)cc1. The van der Waals surface area contributed by atoms with Crippen molar-refractivity contribution in [1.29, 1.82) is 0 Å². The van der Waals surface area contributed by atoms with Crippen LogP contribution in [-0.4, -0.2) is 47.4 Å². The molecule has 1 atom stereocenters. The molecule has 0 unspecified atom stereocenters. The zero-order valence-corrected chi connectivity index (χ0v) is 13.0. The lowest BCUT2D eigenvalue weighted by Crippen LogP contribution is -2.45. The van der Waals surface area contributed by atoms with Crippen LogP contribution in [0.2, 0.25) is 0 Å². The number of nitrogens with zero attached hydrogens (tertiary/aromatic N) is 1. The van der Waals surface area contributed by atoms with Crippen molar-refractivity contribution in [3.05, 3.63) is 35.4 Å². The highest BCUT2D eigenvalue weighted by atomic mass is 16.6. The third kappa shape index (κ3) is 3.98. The summed E-state index contributed by atoms with van der Waals surface area (Å²) in [5.74, 6) is -0.976. The molecule has 0 radical (unpaired) electrons. The molecule has 1 aromatic rings. The second-order valence-electron chi connectivity index (χ2n) is 6.19. The predicted octanol–water partition coefficient (Wildman–Crippen LogP) is 2.69. The number of hydrogen-bond acceptors (Lipinski definition) is 4. The van der Waals surface area contributed by atoms with Crippen LogP contribution in [0.25, 0.3) is 0 Å². The first kappa shape index (κ1) is 16.3. The third-order valence-electron chi connectivity index (χ3n) is 3.30. The van der Waals surface area contributed by atoms with Crippen molar-refractivity contribution in [2.24, 2.45) is 0 Å². The minimum Gasteiger partial charge on any atom is -0.478 e. The van der Waals surface area contributed by atoms with Crippen molar-refractivity contribution < 1.29 is 24.2 Å². The summed E-state index contributed by atoms with van der Waals surface area (Å²) in [7, 11) is 0. The number of morpholine rings is 1. The van der Waals surface area contributed by atoms with Gasteiger partial charge in [0, 0.05) is 6.54 Å². The fourth-order valence-electron chi connectivity index (χ4n) is 2.27. The van der Waals surface area contributed by atoms with E-state index in [1.165, 1.54) is 12.1 Å².